The lowest BCUT2D eigenvalue weighted by molar-refractivity contribution is -0.119. The van der Waals surface area contributed by atoms with Crippen molar-refractivity contribution in [3.05, 3.63) is 0 Å². The molecule has 0 spiro atoms. The van der Waals surface area contributed by atoms with Crippen LogP contribution in [0, 0.1) is 5.92 Å². The molecule has 2 atom stereocenters. The van der Waals surface area contributed by atoms with Gasteiger partial charge in [0.1, 0.15) is 12.1 Å². The number of Topliss-reactive ketones (excluding diaryl/α,β-unsaturated/α-hetero) is 1. The Bertz CT molecular complexity index is 310. The molecule has 2 unspecified atom stereocenters. The molecule has 0 heterocycles. The number of primary amides is 1. The second kappa shape index (κ2) is 18.6. The molecule has 0 aromatic heterocycles. The lowest BCUT2D eigenvalue weighted by Crippen LogP contribution is -2.34. The van der Waals surface area contributed by atoms with Crippen LogP contribution in [0.5, 0.6) is 0 Å². The van der Waals surface area contributed by atoms with Crippen LogP contribution in [0.15, 0.2) is 0 Å². The van der Waals surface area contributed by atoms with E-state index in [4.69, 9.17) is 5.73 Å². The molecule has 0 rings (SSSR count). The van der Waals surface area contributed by atoms with Gasteiger partial charge in [0, 0.05) is 6.54 Å². The quantitative estimate of drug-likeness (QED) is 0.372. The van der Waals surface area contributed by atoms with E-state index in [0.717, 1.165) is 12.7 Å². The summed E-state index contributed by atoms with van der Waals surface area (Å²) in [5, 5.41) is 8.24. The van der Waals surface area contributed by atoms with Crippen LogP contribution >= 0.6 is 0 Å². The van der Waals surface area contributed by atoms with Crippen molar-refractivity contribution < 1.29 is 14.4 Å². The maximum atomic E-state index is 10.9. The number of nitrogens with one attached hydrogen (secondary N) is 3. The summed E-state index contributed by atoms with van der Waals surface area (Å²) >= 11 is 0. The fourth-order valence-electron chi connectivity index (χ4n) is 1.63. The van der Waals surface area contributed by atoms with Gasteiger partial charge in [-0.2, -0.15) is 0 Å². The molecule has 2 amide bonds. The Hall–Kier alpha value is -1.47. The SMILES string of the molecule is CC.CNC(C=O)C(C)C.CNC(CCCNC(N)=O)C(C)=O. The molecule has 138 valence electrons. The van der Waals surface area contributed by atoms with Crippen molar-refractivity contribution in [3.63, 3.8) is 0 Å². The second-order valence-electron chi connectivity index (χ2n) is 5.08. The zero-order valence-electron chi connectivity index (χ0n) is 15.7. The smallest absolute Gasteiger partial charge is 0.312 e. The largest absolute Gasteiger partial charge is 0.352 e. The van der Waals surface area contributed by atoms with Gasteiger partial charge in [-0.15, -0.1) is 0 Å². The van der Waals surface area contributed by atoms with E-state index >= 15 is 0 Å². The van der Waals surface area contributed by atoms with E-state index < -0.39 is 6.03 Å². The molecule has 23 heavy (non-hydrogen) atoms. The predicted molar refractivity (Wildman–Crippen MR) is 95.4 cm³/mol. The number of rotatable bonds is 9. The van der Waals surface area contributed by atoms with E-state index in [1.54, 1.807) is 21.0 Å². The van der Waals surface area contributed by atoms with Crippen LogP contribution in [0.1, 0.15) is 47.5 Å². The van der Waals surface area contributed by atoms with E-state index in [0.29, 0.717) is 18.9 Å². The maximum Gasteiger partial charge on any atom is 0.312 e. The first-order valence-electron chi connectivity index (χ1n) is 8.13. The summed E-state index contributed by atoms with van der Waals surface area (Å²) in [5.41, 5.74) is 4.87. The first-order valence-corrected chi connectivity index (χ1v) is 8.13. The molecule has 0 bridgehead atoms. The van der Waals surface area contributed by atoms with Gasteiger partial charge in [0.15, 0.2) is 0 Å². The van der Waals surface area contributed by atoms with Gasteiger partial charge in [0.25, 0.3) is 0 Å². The highest BCUT2D eigenvalue weighted by Crippen LogP contribution is 1.96. The average molecular weight is 332 g/mol. The van der Waals surface area contributed by atoms with E-state index in [1.165, 1.54) is 0 Å². The van der Waals surface area contributed by atoms with Crippen LogP contribution in [0.4, 0.5) is 4.79 Å². The van der Waals surface area contributed by atoms with Gasteiger partial charge >= 0.3 is 6.03 Å². The molecule has 0 saturated heterocycles. The van der Waals surface area contributed by atoms with Crippen LogP contribution in [0.2, 0.25) is 0 Å². The van der Waals surface area contributed by atoms with Crippen LogP contribution in [0.3, 0.4) is 0 Å². The molecule has 0 saturated carbocycles. The van der Waals surface area contributed by atoms with Crippen molar-refractivity contribution in [3.8, 4) is 0 Å². The molecule has 0 aliphatic rings. The molecule has 0 aromatic rings. The van der Waals surface area contributed by atoms with Gasteiger partial charge in [-0.25, -0.2) is 4.79 Å². The number of aldehydes is 1. The summed E-state index contributed by atoms with van der Waals surface area (Å²) in [6.07, 6.45) is 2.39. The van der Waals surface area contributed by atoms with E-state index in [9.17, 15) is 14.4 Å². The number of carbonyl (C=O) groups is 3. The summed E-state index contributed by atoms with van der Waals surface area (Å²) in [4.78, 5) is 31.3. The fourth-order valence-corrected chi connectivity index (χ4v) is 1.63. The molecule has 0 aliphatic carbocycles. The van der Waals surface area contributed by atoms with Crippen molar-refractivity contribution >= 4 is 18.1 Å². The van der Waals surface area contributed by atoms with Gasteiger partial charge in [0.2, 0.25) is 0 Å². The number of hydrogen-bond donors (Lipinski definition) is 4. The third-order valence-corrected chi connectivity index (χ3v) is 3.01. The molecule has 0 fully saturated rings. The summed E-state index contributed by atoms with van der Waals surface area (Å²) in [7, 11) is 3.53. The first kappa shape index (κ1) is 26.4. The van der Waals surface area contributed by atoms with Crippen LogP contribution in [-0.2, 0) is 9.59 Å². The van der Waals surface area contributed by atoms with E-state index in [-0.39, 0.29) is 17.9 Å². The van der Waals surface area contributed by atoms with Crippen molar-refractivity contribution in [1.29, 1.82) is 0 Å². The lowest BCUT2D eigenvalue weighted by atomic mass is 10.1. The first-order chi connectivity index (χ1) is 10.8. The number of carbonyl (C=O) groups excluding carboxylic acids is 3. The third kappa shape index (κ3) is 18.5. The van der Waals surface area contributed by atoms with Crippen molar-refractivity contribution in [2.75, 3.05) is 20.6 Å². The predicted octanol–water partition coefficient (Wildman–Crippen LogP) is 1.07. The maximum absolute atomic E-state index is 10.9. The summed E-state index contributed by atoms with van der Waals surface area (Å²) < 4.78 is 0. The Morgan fingerprint density at radius 2 is 1.65 bits per heavy atom. The highest BCUT2D eigenvalue weighted by atomic mass is 16.2. The number of amides is 2. The highest BCUT2D eigenvalue weighted by Gasteiger charge is 2.10. The summed E-state index contributed by atoms with van der Waals surface area (Å²) in [5.74, 6) is 0.513. The number of ketones is 1. The zero-order chi connectivity index (χ0) is 18.8. The molecule has 0 radical (unpaired) electrons. The monoisotopic (exact) mass is 332 g/mol. The second-order valence-corrected chi connectivity index (χ2v) is 5.08. The van der Waals surface area contributed by atoms with E-state index in [2.05, 4.69) is 16.0 Å². The molecular formula is C16H36N4O3. The Morgan fingerprint density at radius 1 is 1.13 bits per heavy atom. The number of nitrogens with two attached hydrogens (primary N) is 1. The topological polar surface area (TPSA) is 113 Å². The Kier molecular flexibility index (Phi) is 21.3. The zero-order valence-corrected chi connectivity index (χ0v) is 15.7. The molecular weight excluding hydrogens is 296 g/mol. The minimum atomic E-state index is -0.524. The van der Waals surface area contributed by atoms with Gasteiger partial charge in [-0.05, 0) is 39.8 Å². The van der Waals surface area contributed by atoms with Crippen LogP contribution < -0.4 is 21.7 Å². The molecule has 0 aromatic carbocycles. The average Bonchev–Trinajstić information content (AvgIpc) is 2.50. The molecule has 5 N–H and O–H groups in total. The van der Waals surface area contributed by atoms with Gasteiger partial charge in [-0.1, -0.05) is 27.7 Å². The molecule has 7 heteroatoms. The normalized spacial score (nSPS) is 12.0. The van der Waals surface area contributed by atoms with E-state index in [1.807, 2.05) is 27.7 Å². The number of likely N-dealkylation sites (N-methyl/N-ethyl adjacent to an activating group) is 2. The molecule has 0 aliphatic heterocycles. The standard InChI is InChI=1S/C8H17N3O2.C6H13NO.C2H6/c1-6(12)7(10-2)4-3-5-11-8(9)13;1-5(2)6(4-8)7-3;1-2/h7,10H,3-5H2,1-2H3,(H3,9,11,13);4-7H,1-3H3;1-2H3. The van der Waals surface area contributed by atoms with Crippen LogP contribution in [-0.4, -0.2) is 50.8 Å². The Morgan fingerprint density at radius 3 is 1.87 bits per heavy atom. The van der Waals surface area contributed by atoms with Gasteiger partial charge < -0.3 is 26.5 Å². The third-order valence-electron chi connectivity index (χ3n) is 3.01. The molecule has 7 nitrogen and oxygen atoms in total. The van der Waals surface area contributed by atoms with Gasteiger partial charge in [0.05, 0.1) is 12.1 Å². The summed E-state index contributed by atoms with van der Waals surface area (Å²) in [6.45, 7) is 10.1. The number of hydrogen-bond acceptors (Lipinski definition) is 5. The minimum absolute atomic E-state index is 0.0231. The van der Waals surface area contributed by atoms with Crippen LogP contribution in [0.25, 0.3) is 0 Å². The van der Waals surface area contributed by atoms with Crippen molar-refractivity contribution in [2.45, 2.75) is 59.5 Å². The summed E-state index contributed by atoms with van der Waals surface area (Å²) in [6, 6.07) is -0.617. The number of urea groups is 1. The Labute approximate surface area is 141 Å². The van der Waals surface area contributed by atoms with Crippen molar-refractivity contribution in [2.24, 2.45) is 11.7 Å². The lowest BCUT2D eigenvalue weighted by Gasteiger charge is -2.11. The fraction of sp³-hybridized carbons (Fsp3) is 0.812. The van der Waals surface area contributed by atoms with Gasteiger partial charge in [-0.3, -0.25) is 4.79 Å². The highest BCUT2D eigenvalue weighted by molar-refractivity contribution is 5.81. The minimum Gasteiger partial charge on any atom is -0.352 e. The Balaban J connectivity index is -0.000000343. The van der Waals surface area contributed by atoms with Crippen molar-refractivity contribution in [1.82, 2.24) is 16.0 Å².